The van der Waals surface area contributed by atoms with Gasteiger partial charge in [-0.15, -0.1) is 24.0 Å². The molecular formula is C20H29F3IN5O3. The van der Waals surface area contributed by atoms with Crippen molar-refractivity contribution in [3.05, 3.63) is 35.4 Å². The maximum absolute atomic E-state index is 13.0. The fourth-order valence-corrected chi connectivity index (χ4v) is 2.91. The van der Waals surface area contributed by atoms with E-state index >= 15 is 0 Å². The molecule has 1 heterocycles. The van der Waals surface area contributed by atoms with E-state index in [0.717, 1.165) is 12.1 Å². The Morgan fingerprint density at radius 2 is 1.78 bits per heavy atom. The minimum absolute atomic E-state index is 0. The molecule has 0 spiro atoms. The first kappa shape index (κ1) is 27.8. The molecule has 1 N–H and O–H groups in total. The standard InChI is InChI=1S/C20H28F3N5O3.HI/c1-4-31-19(30)28-10-8-27(9-11-28)18(25-14-17(29)26(2)3)24-13-15-6-5-7-16(12-15)20(21,22)23;/h5-7,12H,4,8-11,13-14H2,1-3H3,(H,24,25);1H. The van der Waals surface area contributed by atoms with Gasteiger partial charge in [0.05, 0.1) is 25.3 Å². The van der Waals surface area contributed by atoms with Crippen molar-refractivity contribution in [1.29, 1.82) is 0 Å². The molecule has 1 aliphatic heterocycles. The highest BCUT2D eigenvalue weighted by Crippen LogP contribution is 2.29. The van der Waals surface area contributed by atoms with Gasteiger partial charge in [-0.05, 0) is 24.6 Å². The molecule has 0 aliphatic carbocycles. The van der Waals surface area contributed by atoms with Crippen LogP contribution in [0.4, 0.5) is 18.0 Å². The highest BCUT2D eigenvalue weighted by Gasteiger charge is 2.30. The highest BCUT2D eigenvalue weighted by atomic mass is 127. The second-order valence-corrected chi connectivity index (χ2v) is 7.15. The van der Waals surface area contributed by atoms with Crippen molar-refractivity contribution in [1.82, 2.24) is 20.0 Å². The lowest BCUT2D eigenvalue weighted by Crippen LogP contribution is -2.54. The summed E-state index contributed by atoms with van der Waals surface area (Å²) in [6, 6.07) is 4.98. The Hall–Kier alpha value is -2.25. The number of guanidine groups is 1. The van der Waals surface area contributed by atoms with Gasteiger partial charge in [-0.3, -0.25) is 4.79 Å². The van der Waals surface area contributed by atoms with Crippen molar-refractivity contribution in [2.75, 3.05) is 53.4 Å². The normalized spacial score (nSPS) is 14.5. The number of halogens is 4. The summed E-state index contributed by atoms with van der Waals surface area (Å²) >= 11 is 0. The third-order valence-electron chi connectivity index (χ3n) is 4.67. The summed E-state index contributed by atoms with van der Waals surface area (Å²) in [6.07, 6.45) is -4.82. The van der Waals surface area contributed by atoms with Gasteiger partial charge < -0.3 is 24.8 Å². The maximum atomic E-state index is 13.0. The molecule has 0 unspecified atom stereocenters. The predicted molar refractivity (Wildman–Crippen MR) is 125 cm³/mol. The van der Waals surface area contributed by atoms with Gasteiger partial charge in [0.15, 0.2) is 5.96 Å². The number of amides is 2. The first-order valence-corrected chi connectivity index (χ1v) is 9.93. The van der Waals surface area contributed by atoms with Crippen LogP contribution < -0.4 is 5.32 Å². The molecule has 0 saturated carbocycles. The number of carbonyl (C=O) groups is 2. The van der Waals surface area contributed by atoms with Crippen LogP contribution >= 0.6 is 24.0 Å². The lowest BCUT2D eigenvalue weighted by atomic mass is 10.1. The largest absolute Gasteiger partial charge is 0.450 e. The molecular weight excluding hydrogens is 542 g/mol. The van der Waals surface area contributed by atoms with Crippen LogP contribution in [0.2, 0.25) is 0 Å². The van der Waals surface area contributed by atoms with Crippen molar-refractivity contribution in [2.45, 2.75) is 19.6 Å². The van der Waals surface area contributed by atoms with E-state index in [0.29, 0.717) is 37.7 Å². The summed E-state index contributed by atoms with van der Waals surface area (Å²) < 4.78 is 43.9. The average Bonchev–Trinajstić information content (AvgIpc) is 2.73. The van der Waals surface area contributed by atoms with Crippen LogP contribution in [0.3, 0.4) is 0 Å². The molecule has 8 nitrogen and oxygen atoms in total. The molecule has 12 heteroatoms. The number of aliphatic imine (C=N–C) groups is 1. The molecule has 0 atom stereocenters. The fourth-order valence-electron chi connectivity index (χ4n) is 2.91. The molecule has 32 heavy (non-hydrogen) atoms. The highest BCUT2D eigenvalue weighted by molar-refractivity contribution is 14.0. The Balaban J connectivity index is 0.00000512. The molecule has 0 aromatic heterocycles. The summed E-state index contributed by atoms with van der Waals surface area (Å²) in [6.45, 7) is 3.74. The van der Waals surface area contributed by atoms with Gasteiger partial charge in [-0.2, -0.15) is 13.2 Å². The van der Waals surface area contributed by atoms with Crippen molar-refractivity contribution >= 4 is 41.9 Å². The number of alkyl halides is 3. The number of rotatable bonds is 5. The molecule has 1 aromatic carbocycles. The van der Waals surface area contributed by atoms with E-state index in [9.17, 15) is 22.8 Å². The van der Waals surface area contributed by atoms with Crippen LogP contribution in [0.5, 0.6) is 0 Å². The van der Waals surface area contributed by atoms with Crippen LogP contribution in [0.1, 0.15) is 18.1 Å². The van der Waals surface area contributed by atoms with Gasteiger partial charge in [0.1, 0.15) is 0 Å². The van der Waals surface area contributed by atoms with Crippen LogP contribution in [0.25, 0.3) is 0 Å². The number of hydrogen-bond donors (Lipinski definition) is 1. The molecule has 180 valence electrons. The molecule has 0 bridgehead atoms. The minimum atomic E-state index is -4.43. The van der Waals surface area contributed by atoms with E-state index < -0.39 is 11.7 Å². The van der Waals surface area contributed by atoms with E-state index in [-0.39, 0.29) is 55.7 Å². The summed E-state index contributed by atoms with van der Waals surface area (Å²) in [5.41, 5.74) is -0.334. The van der Waals surface area contributed by atoms with Gasteiger partial charge in [-0.1, -0.05) is 12.1 Å². The van der Waals surface area contributed by atoms with E-state index in [4.69, 9.17) is 4.74 Å². The number of carbonyl (C=O) groups excluding carboxylic acids is 2. The second kappa shape index (κ2) is 12.7. The van der Waals surface area contributed by atoms with Crippen molar-refractivity contribution < 1.29 is 27.5 Å². The smallest absolute Gasteiger partial charge is 0.416 e. The van der Waals surface area contributed by atoms with E-state index in [1.54, 1.807) is 32.0 Å². The van der Waals surface area contributed by atoms with Gasteiger partial charge in [-0.25, -0.2) is 9.79 Å². The van der Waals surface area contributed by atoms with Crippen molar-refractivity contribution in [3.8, 4) is 0 Å². The zero-order valence-corrected chi connectivity index (χ0v) is 20.6. The average molecular weight is 571 g/mol. The summed E-state index contributed by atoms with van der Waals surface area (Å²) in [5.74, 6) is 0.230. The number of nitrogens with one attached hydrogen (secondary N) is 1. The number of hydrogen-bond acceptors (Lipinski definition) is 4. The molecule has 1 saturated heterocycles. The Bertz CT molecular complexity index is 797. The van der Waals surface area contributed by atoms with Gasteiger partial charge in [0.2, 0.25) is 5.91 Å². The molecule has 0 radical (unpaired) electrons. The second-order valence-electron chi connectivity index (χ2n) is 7.15. The van der Waals surface area contributed by atoms with E-state index in [1.807, 2.05) is 4.90 Å². The SMILES string of the molecule is CCOC(=O)N1CCN(C(=NCc2cccc(C(F)(F)F)c2)NCC(=O)N(C)C)CC1.I. The van der Waals surface area contributed by atoms with Crippen molar-refractivity contribution in [3.63, 3.8) is 0 Å². The number of likely N-dealkylation sites (N-methyl/N-ethyl adjacent to an activating group) is 1. The topological polar surface area (TPSA) is 77.5 Å². The van der Waals surface area contributed by atoms with Gasteiger partial charge in [0, 0.05) is 40.3 Å². The lowest BCUT2D eigenvalue weighted by molar-refractivity contribution is -0.137. The summed E-state index contributed by atoms with van der Waals surface area (Å²) in [4.78, 5) is 33.2. The third kappa shape index (κ3) is 8.36. The summed E-state index contributed by atoms with van der Waals surface area (Å²) in [5, 5.41) is 2.98. The zero-order chi connectivity index (χ0) is 23.0. The first-order valence-electron chi connectivity index (χ1n) is 9.93. The number of ether oxygens (including phenoxy) is 1. The van der Waals surface area contributed by atoms with Crippen molar-refractivity contribution in [2.24, 2.45) is 4.99 Å². The zero-order valence-electron chi connectivity index (χ0n) is 18.3. The Morgan fingerprint density at radius 1 is 1.16 bits per heavy atom. The number of benzene rings is 1. The van der Waals surface area contributed by atoms with E-state index in [2.05, 4.69) is 10.3 Å². The van der Waals surface area contributed by atoms with Gasteiger partial charge >= 0.3 is 12.3 Å². The van der Waals surface area contributed by atoms with Crippen LogP contribution in [-0.4, -0.2) is 86.1 Å². The molecule has 2 amide bonds. The lowest BCUT2D eigenvalue weighted by Gasteiger charge is -2.36. The molecule has 1 aromatic rings. The fraction of sp³-hybridized carbons (Fsp3) is 0.550. The van der Waals surface area contributed by atoms with Crippen LogP contribution in [0, 0.1) is 0 Å². The first-order chi connectivity index (χ1) is 14.6. The maximum Gasteiger partial charge on any atom is 0.416 e. The van der Waals surface area contributed by atoms with E-state index in [1.165, 1.54) is 11.0 Å². The molecule has 1 aliphatic rings. The quantitative estimate of drug-likeness (QED) is 0.334. The monoisotopic (exact) mass is 571 g/mol. The number of piperazine rings is 1. The Morgan fingerprint density at radius 3 is 2.34 bits per heavy atom. The summed E-state index contributed by atoms with van der Waals surface area (Å²) in [7, 11) is 3.25. The van der Waals surface area contributed by atoms with Gasteiger partial charge in [0.25, 0.3) is 0 Å². The Labute approximate surface area is 202 Å². The molecule has 2 rings (SSSR count). The third-order valence-corrected chi connectivity index (χ3v) is 4.67. The molecule has 1 fully saturated rings. The number of nitrogens with zero attached hydrogens (tertiary/aromatic N) is 4. The minimum Gasteiger partial charge on any atom is -0.450 e. The predicted octanol–water partition coefficient (Wildman–Crippen LogP) is 2.63. The van der Waals surface area contributed by atoms with Crippen LogP contribution in [0.15, 0.2) is 29.3 Å². The Kier molecular flexibility index (Phi) is 11.0. The van der Waals surface area contributed by atoms with Crippen LogP contribution in [-0.2, 0) is 22.3 Å².